The fourth-order valence-corrected chi connectivity index (χ4v) is 2.65. The van der Waals surface area contributed by atoms with Crippen LogP contribution in [0.4, 0.5) is 0 Å². The Kier molecular flexibility index (Phi) is 8.65. The van der Waals surface area contributed by atoms with Gasteiger partial charge in [0.05, 0.1) is 14.2 Å². The molecule has 2 aromatic rings. The Morgan fingerprint density at radius 3 is 2.25 bits per heavy atom. The Hall–Kier alpha value is -3.22. The minimum Gasteiger partial charge on any atom is -0.497 e. The molecule has 7 nitrogen and oxygen atoms in total. The highest BCUT2D eigenvalue weighted by Gasteiger charge is 2.05. The van der Waals surface area contributed by atoms with Gasteiger partial charge in [0.25, 0.3) is 5.91 Å². The van der Waals surface area contributed by atoms with Gasteiger partial charge in [-0.3, -0.25) is 9.79 Å². The normalized spacial score (nSPS) is 10.9. The van der Waals surface area contributed by atoms with Gasteiger partial charge in [-0.05, 0) is 42.3 Å². The molecule has 2 rings (SSSR count). The molecule has 0 spiro atoms. The Morgan fingerprint density at radius 2 is 1.57 bits per heavy atom. The van der Waals surface area contributed by atoms with Gasteiger partial charge in [-0.1, -0.05) is 18.2 Å². The first kappa shape index (κ1) is 21.1. The van der Waals surface area contributed by atoms with Crippen LogP contribution in [0.5, 0.6) is 11.5 Å². The first-order valence-corrected chi connectivity index (χ1v) is 9.16. The lowest BCUT2D eigenvalue weighted by molar-refractivity contribution is 0.0954. The molecular weight excluding hydrogens is 356 g/mol. The van der Waals surface area contributed by atoms with E-state index < -0.39 is 0 Å². The first-order valence-electron chi connectivity index (χ1n) is 9.16. The molecule has 0 unspecified atom stereocenters. The van der Waals surface area contributed by atoms with E-state index in [9.17, 15) is 4.79 Å². The predicted molar refractivity (Wildman–Crippen MR) is 111 cm³/mol. The van der Waals surface area contributed by atoms with Crippen molar-refractivity contribution in [3.8, 4) is 11.5 Å². The van der Waals surface area contributed by atoms with Crippen LogP contribution in [0.15, 0.2) is 53.5 Å². The summed E-state index contributed by atoms with van der Waals surface area (Å²) < 4.78 is 10.5. The van der Waals surface area contributed by atoms with Crippen molar-refractivity contribution in [3.63, 3.8) is 0 Å². The van der Waals surface area contributed by atoms with E-state index in [1.807, 2.05) is 24.3 Å². The number of nitrogens with zero attached hydrogens (tertiary/aromatic N) is 1. The zero-order valence-corrected chi connectivity index (χ0v) is 16.6. The van der Waals surface area contributed by atoms with Crippen LogP contribution in [0, 0.1) is 0 Å². The molecule has 150 valence electrons. The number of methoxy groups -OCH3 is 2. The van der Waals surface area contributed by atoms with Crippen molar-refractivity contribution in [2.75, 3.05) is 40.9 Å². The van der Waals surface area contributed by atoms with Gasteiger partial charge in [0.1, 0.15) is 11.5 Å². The summed E-state index contributed by atoms with van der Waals surface area (Å²) in [5, 5.41) is 9.31. The van der Waals surface area contributed by atoms with Gasteiger partial charge in [0.15, 0.2) is 5.96 Å². The molecule has 0 aliphatic rings. The Labute approximate surface area is 166 Å². The van der Waals surface area contributed by atoms with Gasteiger partial charge in [0.2, 0.25) is 0 Å². The number of para-hydroxylation sites is 1. The average Bonchev–Trinajstić information content (AvgIpc) is 2.75. The van der Waals surface area contributed by atoms with Crippen LogP contribution >= 0.6 is 0 Å². The molecule has 3 N–H and O–H groups in total. The number of carbonyl (C=O) groups is 1. The SMILES string of the molecule is CN=C(NCCNC(=O)c1ccc(OC)cc1)NCCc1ccccc1OC. The lowest BCUT2D eigenvalue weighted by atomic mass is 10.1. The van der Waals surface area contributed by atoms with Gasteiger partial charge < -0.3 is 25.4 Å². The predicted octanol–water partition coefficient (Wildman–Crippen LogP) is 1.84. The molecule has 0 aromatic heterocycles. The fraction of sp³-hybridized carbons (Fsp3) is 0.333. The molecule has 0 saturated carbocycles. The van der Waals surface area contributed by atoms with Crippen LogP contribution in [-0.2, 0) is 6.42 Å². The Balaban J connectivity index is 1.68. The van der Waals surface area contributed by atoms with Gasteiger partial charge in [0, 0.05) is 32.2 Å². The number of rotatable bonds is 9. The molecule has 2 aromatic carbocycles. The van der Waals surface area contributed by atoms with E-state index in [0.717, 1.165) is 30.0 Å². The van der Waals surface area contributed by atoms with E-state index in [0.29, 0.717) is 24.6 Å². The second-order valence-electron chi connectivity index (χ2n) is 5.97. The number of aliphatic imine (C=N–C) groups is 1. The van der Waals surface area contributed by atoms with Crippen LogP contribution in [0.1, 0.15) is 15.9 Å². The quantitative estimate of drug-likeness (QED) is 0.349. The summed E-state index contributed by atoms with van der Waals surface area (Å²) in [6.45, 7) is 1.77. The van der Waals surface area contributed by atoms with Crippen molar-refractivity contribution >= 4 is 11.9 Å². The van der Waals surface area contributed by atoms with Crippen molar-refractivity contribution in [2.24, 2.45) is 4.99 Å². The third kappa shape index (κ3) is 6.50. The summed E-state index contributed by atoms with van der Waals surface area (Å²) in [6.07, 6.45) is 0.818. The average molecular weight is 384 g/mol. The van der Waals surface area contributed by atoms with Gasteiger partial charge in [-0.25, -0.2) is 0 Å². The third-order valence-electron chi connectivity index (χ3n) is 4.16. The number of ether oxygens (including phenoxy) is 2. The topological polar surface area (TPSA) is 84.0 Å². The Bertz CT molecular complexity index is 775. The summed E-state index contributed by atoms with van der Waals surface area (Å²) in [6, 6.07) is 15.0. The van der Waals surface area contributed by atoms with E-state index in [4.69, 9.17) is 9.47 Å². The fourth-order valence-electron chi connectivity index (χ4n) is 2.65. The highest BCUT2D eigenvalue weighted by Crippen LogP contribution is 2.17. The highest BCUT2D eigenvalue weighted by molar-refractivity contribution is 5.94. The summed E-state index contributed by atoms with van der Waals surface area (Å²) in [4.78, 5) is 16.3. The highest BCUT2D eigenvalue weighted by atomic mass is 16.5. The lowest BCUT2D eigenvalue weighted by Gasteiger charge is -2.13. The summed E-state index contributed by atoms with van der Waals surface area (Å²) >= 11 is 0. The molecule has 0 fully saturated rings. The van der Waals surface area contributed by atoms with Crippen LogP contribution in [0.25, 0.3) is 0 Å². The lowest BCUT2D eigenvalue weighted by Crippen LogP contribution is -2.42. The molecule has 0 atom stereocenters. The minimum atomic E-state index is -0.122. The Morgan fingerprint density at radius 1 is 0.893 bits per heavy atom. The van der Waals surface area contributed by atoms with Gasteiger partial charge >= 0.3 is 0 Å². The summed E-state index contributed by atoms with van der Waals surface area (Å²) in [5.41, 5.74) is 1.74. The second kappa shape index (κ2) is 11.5. The van der Waals surface area contributed by atoms with Crippen molar-refractivity contribution in [1.29, 1.82) is 0 Å². The maximum absolute atomic E-state index is 12.1. The number of hydrogen-bond acceptors (Lipinski definition) is 4. The van der Waals surface area contributed by atoms with E-state index in [1.165, 1.54) is 0 Å². The molecular formula is C21H28N4O3. The smallest absolute Gasteiger partial charge is 0.251 e. The largest absolute Gasteiger partial charge is 0.497 e. The van der Waals surface area contributed by atoms with E-state index >= 15 is 0 Å². The monoisotopic (exact) mass is 384 g/mol. The molecule has 0 saturated heterocycles. The maximum atomic E-state index is 12.1. The van der Waals surface area contributed by atoms with E-state index in [2.05, 4.69) is 20.9 Å². The second-order valence-corrected chi connectivity index (χ2v) is 5.97. The van der Waals surface area contributed by atoms with Gasteiger partial charge in [-0.2, -0.15) is 0 Å². The summed E-state index contributed by atoms with van der Waals surface area (Å²) in [7, 11) is 4.99. The molecule has 0 radical (unpaired) electrons. The maximum Gasteiger partial charge on any atom is 0.251 e. The summed E-state index contributed by atoms with van der Waals surface area (Å²) in [5.74, 6) is 2.17. The van der Waals surface area contributed by atoms with Crippen molar-refractivity contribution in [1.82, 2.24) is 16.0 Å². The first-order chi connectivity index (χ1) is 13.7. The number of carbonyl (C=O) groups excluding carboxylic acids is 1. The zero-order valence-electron chi connectivity index (χ0n) is 16.6. The van der Waals surface area contributed by atoms with Gasteiger partial charge in [-0.15, -0.1) is 0 Å². The number of hydrogen-bond donors (Lipinski definition) is 3. The molecule has 28 heavy (non-hydrogen) atoms. The van der Waals surface area contributed by atoms with Crippen LogP contribution in [-0.4, -0.2) is 52.8 Å². The molecule has 1 amide bonds. The van der Waals surface area contributed by atoms with Crippen molar-refractivity contribution in [2.45, 2.75) is 6.42 Å². The number of nitrogens with one attached hydrogen (secondary N) is 3. The van der Waals surface area contributed by atoms with E-state index in [1.54, 1.807) is 45.5 Å². The number of benzene rings is 2. The molecule has 0 heterocycles. The minimum absolute atomic E-state index is 0.122. The van der Waals surface area contributed by atoms with Crippen molar-refractivity contribution in [3.05, 3.63) is 59.7 Å². The molecule has 0 bridgehead atoms. The number of guanidine groups is 1. The standard InChI is InChI=1S/C21H28N4O3/c1-22-21(24-13-12-16-6-4-5-7-19(16)28-3)25-15-14-23-20(26)17-8-10-18(27-2)11-9-17/h4-11H,12-15H2,1-3H3,(H,23,26)(H2,22,24,25). The molecule has 0 aliphatic carbocycles. The van der Waals surface area contributed by atoms with E-state index in [-0.39, 0.29) is 5.91 Å². The third-order valence-corrected chi connectivity index (χ3v) is 4.16. The van der Waals surface area contributed by atoms with Crippen molar-refractivity contribution < 1.29 is 14.3 Å². The van der Waals surface area contributed by atoms with Crippen LogP contribution in [0.2, 0.25) is 0 Å². The molecule has 7 heteroatoms. The zero-order chi connectivity index (χ0) is 20.2. The van der Waals surface area contributed by atoms with Crippen LogP contribution in [0.3, 0.4) is 0 Å². The van der Waals surface area contributed by atoms with Crippen LogP contribution < -0.4 is 25.4 Å². The number of amides is 1. The molecule has 0 aliphatic heterocycles.